The van der Waals surface area contributed by atoms with Gasteiger partial charge in [0.2, 0.25) is 0 Å². The first-order valence-electron chi connectivity index (χ1n) is 13.8. The Hall–Kier alpha value is -0.710. The van der Waals surface area contributed by atoms with Gasteiger partial charge in [0.1, 0.15) is 5.78 Å². The van der Waals surface area contributed by atoms with Crippen molar-refractivity contribution >= 4 is 5.78 Å². The monoisotopic (exact) mass is 474 g/mol. The van der Waals surface area contributed by atoms with E-state index in [-0.39, 0.29) is 33.7 Å². The van der Waals surface area contributed by atoms with E-state index in [0.717, 1.165) is 38.5 Å². The first-order chi connectivity index (χ1) is 15.5. The molecular formula is C30H50O4. The van der Waals surface area contributed by atoms with E-state index in [2.05, 4.69) is 47.6 Å². The molecule has 0 radical (unpaired) electrons. The summed E-state index contributed by atoms with van der Waals surface area (Å²) in [6.07, 6.45) is 8.40. The summed E-state index contributed by atoms with van der Waals surface area (Å²) in [7, 11) is 0. The predicted molar refractivity (Wildman–Crippen MR) is 136 cm³/mol. The van der Waals surface area contributed by atoms with Crippen molar-refractivity contribution in [2.24, 2.45) is 45.3 Å². The first-order valence-corrected chi connectivity index (χ1v) is 13.8. The molecule has 0 unspecified atom stereocenters. The normalized spacial score (nSPS) is 45.6. The van der Waals surface area contributed by atoms with E-state index in [1.165, 1.54) is 5.57 Å². The molecule has 3 saturated carbocycles. The quantitative estimate of drug-likeness (QED) is 0.448. The Kier molecular flexibility index (Phi) is 6.32. The number of hydrogen-bond donors (Lipinski definition) is 3. The molecule has 3 fully saturated rings. The molecule has 0 aromatic rings. The predicted octanol–water partition coefficient (Wildman–Crippen LogP) is 5.68. The topological polar surface area (TPSA) is 77.8 Å². The van der Waals surface area contributed by atoms with Crippen LogP contribution in [0.2, 0.25) is 0 Å². The van der Waals surface area contributed by atoms with Crippen LogP contribution in [0.1, 0.15) is 107 Å². The molecule has 0 aromatic heterocycles. The second-order valence-electron chi connectivity index (χ2n) is 14.4. The number of allylic oxidation sites excluding steroid dienone is 1. The van der Waals surface area contributed by atoms with Crippen LogP contribution < -0.4 is 0 Å². The molecule has 0 saturated heterocycles. The van der Waals surface area contributed by atoms with E-state index in [1.807, 2.05) is 0 Å². The molecule has 0 aliphatic heterocycles. The second-order valence-corrected chi connectivity index (χ2v) is 14.4. The van der Waals surface area contributed by atoms with E-state index >= 15 is 0 Å². The molecule has 4 aliphatic rings. The number of fused-ring (bicyclic) bond motifs is 5. The van der Waals surface area contributed by atoms with Gasteiger partial charge in [-0.05, 0) is 93.3 Å². The molecule has 9 atom stereocenters. The van der Waals surface area contributed by atoms with Crippen LogP contribution in [0.5, 0.6) is 0 Å². The average molecular weight is 475 g/mol. The number of aliphatic hydroxyl groups excluding tert-OH is 2. The minimum absolute atomic E-state index is 0.0393. The summed E-state index contributed by atoms with van der Waals surface area (Å²) in [4.78, 5) is 14.2. The van der Waals surface area contributed by atoms with Crippen molar-refractivity contribution in [1.29, 1.82) is 0 Å². The molecule has 0 spiro atoms. The lowest BCUT2D eigenvalue weighted by atomic mass is 9.38. The van der Waals surface area contributed by atoms with E-state index < -0.39 is 11.7 Å². The molecule has 4 heteroatoms. The SMILES string of the molecule is C[C@H](CC[C@@H](O)C(C)(C)O)[C@H]1CC[C@@]2(C)[C@@H]3CC=C4[C@@H](CC[C@H](O)C4(C)C)[C@]3(C)C(=O)C[C@]12C. The number of carbonyl (C=O) groups excluding carboxylic acids is 1. The largest absolute Gasteiger partial charge is 0.392 e. The molecule has 194 valence electrons. The number of Topliss-reactive ketones (excluding diaryl/α,β-unsaturated/α-hetero) is 1. The van der Waals surface area contributed by atoms with Gasteiger partial charge in [-0.25, -0.2) is 0 Å². The van der Waals surface area contributed by atoms with E-state index in [0.29, 0.717) is 36.4 Å². The Morgan fingerprint density at radius 1 is 1.06 bits per heavy atom. The fraction of sp³-hybridized carbons (Fsp3) is 0.900. The van der Waals surface area contributed by atoms with Crippen LogP contribution in [0.25, 0.3) is 0 Å². The number of ketones is 1. The summed E-state index contributed by atoms with van der Waals surface area (Å²) in [5, 5.41) is 31.3. The molecule has 0 amide bonds. The van der Waals surface area contributed by atoms with Crippen molar-refractivity contribution in [3.63, 3.8) is 0 Å². The van der Waals surface area contributed by atoms with Crippen LogP contribution in [0.4, 0.5) is 0 Å². The minimum Gasteiger partial charge on any atom is -0.392 e. The standard InChI is InChI=1S/C30H50O4/c1-18(9-13-24(32)27(4,5)34)19-15-16-28(6)22-12-10-20-21(11-14-23(31)26(20,2)3)30(22,8)25(33)17-29(19,28)7/h10,18-19,21-24,31-32,34H,9,11-17H2,1-8H3/t18-,19-,21-,22+,23+,24-,28+,29-,30+/m1/s1. The van der Waals surface area contributed by atoms with E-state index in [9.17, 15) is 20.1 Å². The lowest BCUT2D eigenvalue weighted by Gasteiger charge is -2.64. The number of aliphatic hydroxyl groups is 3. The van der Waals surface area contributed by atoms with Gasteiger partial charge in [0.05, 0.1) is 17.8 Å². The summed E-state index contributed by atoms with van der Waals surface area (Å²) in [5.41, 5.74) is -0.287. The molecule has 4 aliphatic carbocycles. The maximum atomic E-state index is 14.2. The number of hydrogen-bond acceptors (Lipinski definition) is 4. The van der Waals surface area contributed by atoms with Gasteiger partial charge in [0.15, 0.2) is 0 Å². The third-order valence-electron chi connectivity index (χ3n) is 12.1. The van der Waals surface area contributed by atoms with Crippen LogP contribution in [0.3, 0.4) is 0 Å². The van der Waals surface area contributed by atoms with E-state index in [1.54, 1.807) is 13.8 Å². The van der Waals surface area contributed by atoms with Crippen LogP contribution in [-0.4, -0.2) is 38.9 Å². The lowest BCUT2D eigenvalue weighted by Crippen LogP contribution is -2.63. The van der Waals surface area contributed by atoms with Crippen LogP contribution in [0.15, 0.2) is 11.6 Å². The summed E-state index contributed by atoms with van der Waals surface area (Å²) < 4.78 is 0. The molecule has 0 bridgehead atoms. The van der Waals surface area contributed by atoms with Gasteiger partial charge in [0, 0.05) is 17.3 Å². The van der Waals surface area contributed by atoms with Gasteiger partial charge in [-0.3, -0.25) is 4.79 Å². The zero-order valence-corrected chi connectivity index (χ0v) is 22.9. The zero-order valence-electron chi connectivity index (χ0n) is 22.9. The smallest absolute Gasteiger partial charge is 0.140 e. The number of rotatable bonds is 5. The molecular weight excluding hydrogens is 424 g/mol. The molecule has 34 heavy (non-hydrogen) atoms. The summed E-state index contributed by atoms with van der Waals surface area (Å²) >= 11 is 0. The van der Waals surface area contributed by atoms with Crippen LogP contribution in [-0.2, 0) is 4.79 Å². The first kappa shape index (κ1) is 26.4. The molecule has 3 N–H and O–H groups in total. The highest BCUT2D eigenvalue weighted by Crippen LogP contribution is 2.74. The Morgan fingerprint density at radius 2 is 1.71 bits per heavy atom. The van der Waals surface area contributed by atoms with Crippen molar-refractivity contribution in [2.45, 2.75) is 125 Å². The van der Waals surface area contributed by atoms with E-state index in [4.69, 9.17) is 0 Å². The minimum atomic E-state index is -1.08. The third-order valence-corrected chi connectivity index (χ3v) is 12.1. The molecule has 4 nitrogen and oxygen atoms in total. The van der Waals surface area contributed by atoms with Gasteiger partial charge in [-0.1, -0.05) is 53.2 Å². The van der Waals surface area contributed by atoms with Crippen molar-refractivity contribution in [3.8, 4) is 0 Å². The van der Waals surface area contributed by atoms with Crippen LogP contribution >= 0.6 is 0 Å². The van der Waals surface area contributed by atoms with Gasteiger partial charge >= 0.3 is 0 Å². The summed E-state index contributed by atoms with van der Waals surface area (Å²) in [5.74, 6) is 1.88. The summed E-state index contributed by atoms with van der Waals surface area (Å²) in [6.45, 7) is 17.1. The van der Waals surface area contributed by atoms with Gasteiger partial charge in [-0.2, -0.15) is 0 Å². The van der Waals surface area contributed by atoms with Crippen molar-refractivity contribution in [2.75, 3.05) is 0 Å². The third kappa shape index (κ3) is 3.52. The highest BCUT2D eigenvalue weighted by molar-refractivity contribution is 5.88. The van der Waals surface area contributed by atoms with Crippen LogP contribution in [0, 0.1) is 45.3 Å². The van der Waals surface area contributed by atoms with Gasteiger partial charge < -0.3 is 15.3 Å². The maximum absolute atomic E-state index is 14.2. The maximum Gasteiger partial charge on any atom is 0.140 e. The van der Waals surface area contributed by atoms with Gasteiger partial charge in [-0.15, -0.1) is 0 Å². The Labute approximate surface area is 207 Å². The molecule has 4 rings (SSSR count). The Bertz CT molecular complexity index is 852. The van der Waals surface area contributed by atoms with Crippen molar-refractivity contribution < 1.29 is 20.1 Å². The molecule has 0 heterocycles. The summed E-state index contributed by atoms with van der Waals surface area (Å²) in [6, 6.07) is 0. The molecule has 0 aromatic carbocycles. The van der Waals surface area contributed by atoms with Crippen molar-refractivity contribution in [1.82, 2.24) is 0 Å². The highest BCUT2D eigenvalue weighted by Gasteiger charge is 2.70. The Morgan fingerprint density at radius 3 is 2.32 bits per heavy atom. The average Bonchev–Trinajstić information content (AvgIpc) is 2.99. The zero-order chi connectivity index (χ0) is 25.5. The fourth-order valence-corrected chi connectivity index (χ4v) is 9.35. The fourth-order valence-electron chi connectivity index (χ4n) is 9.35. The lowest BCUT2D eigenvalue weighted by molar-refractivity contribution is -0.172. The van der Waals surface area contributed by atoms with Crippen molar-refractivity contribution in [3.05, 3.63) is 11.6 Å². The Balaban J connectivity index is 1.64. The van der Waals surface area contributed by atoms with Gasteiger partial charge in [0.25, 0.3) is 0 Å². The number of carbonyl (C=O) groups is 1. The highest BCUT2D eigenvalue weighted by atomic mass is 16.3. The second kappa shape index (κ2) is 8.15.